The number of anilines is 1. The molecule has 24 heavy (non-hydrogen) atoms. The number of halogens is 1. The van der Waals surface area contributed by atoms with Gasteiger partial charge in [-0.2, -0.15) is 0 Å². The largest absolute Gasteiger partial charge is 0.489 e. The molecule has 0 spiro atoms. The number of rotatable bonds is 6. The van der Waals surface area contributed by atoms with Gasteiger partial charge in [0.15, 0.2) is 6.10 Å². The molecule has 4 N–H and O–H groups in total. The molecule has 0 fully saturated rings. The van der Waals surface area contributed by atoms with Gasteiger partial charge in [0.05, 0.1) is 17.7 Å². The molecule has 0 aromatic heterocycles. The minimum absolute atomic E-state index is 0.00327. The van der Waals surface area contributed by atoms with Gasteiger partial charge in [-0.1, -0.05) is 16.8 Å². The van der Waals surface area contributed by atoms with E-state index in [4.69, 9.17) is 26.9 Å². The van der Waals surface area contributed by atoms with Crippen LogP contribution in [0.4, 0.5) is 10.5 Å². The standard InChI is InChI=1S/C15H19ClN4O4/c1-8(2)23-13-4-3-9(5-11(13)16)19-15(22)18-7-10-6-12(14(17)21)20-24-10/h3-5,8,10H,6-7H2,1-2H3,(H2,17,21)(H2,18,19,22)/t10-/m1/s1. The average molecular weight is 355 g/mol. The van der Waals surface area contributed by atoms with Crippen LogP contribution in [-0.4, -0.2) is 36.4 Å². The third-order valence-electron chi connectivity index (χ3n) is 3.06. The SMILES string of the molecule is CC(C)Oc1ccc(NC(=O)NC[C@H]2CC(C(N)=O)=NO2)cc1Cl. The van der Waals surface area contributed by atoms with Crippen LogP contribution in [0.2, 0.25) is 5.02 Å². The van der Waals surface area contributed by atoms with E-state index < -0.39 is 18.0 Å². The molecule has 3 amide bonds. The fraction of sp³-hybridized carbons (Fsp3) is 0.400. The Morgan fingerprint density at radius 3 is 2.83 bits per heavy atom. The van der Waals surface area contributed by atoms with Crippen molar-refractivity contribution in [2.75, 3.05) is 11.9 Å². The summed E-state index contributed by atoms with van der Waals surface area (Å²) >= 11 is 6.11. The first-order valence-electron chi connectivity index (χ1n) is 7.38. The van der Waals surface area contributed by atoms with Crippen LogP contribution in [0.25, 0.3) is 0 Å². The number of nitrogens with two attached hydrogens (primary N) is 1. The molecule has 1 aromatic rings. The molecular weight excluding hydrogens is 336 g/mol. The molecule has 1 atom stereocenters. The van der Waals surface area contributed by atoms with Crippen LogP contribution in [0.5, 0.6) is 5.75 Å². The summed E-state index contributed by atoms with van der Waals surface area (Å²) < 4.78 is 5.52. The quantitative estimate of drug-likeness (QED) is 0.723. The van der Waals surface area contributed by atoms with Crippen LogP contribution in [-0.2, 0) is 9.63 Å². The molecule has 0 saturated carbocycles. The first-order chi connectivity index (χ1) is 11.3. The molecule has 1 heterocycles. The van der Waals surface area contributed by atoms with Crippen molar-refractivity contribution in [2.24, 2.45) is 10.9 Å². The number of benzene rings is 1. The fourth-order valence-electron chi connectivity index (χ4n) is 1.99. The lowest BCUT2D eigenvalue weighted by molar-refractivity contribution is -0.112. The second-order valence-electron chi connectivity index (χ2n) is 5.48. The van der Waals surface area contributed by atoms with Gasteiger partial charge in [0.1, 0.15) is 11.5 Å². The summed E-state index contributed by atoms with van der Waals surface area (Å²) in [6.07, 6.45) is -0.143. The van der Waals surface area contributed by atoms with E-state index in [1.165, 1.54) is 0 Å². The van der Waals surface area contributed by atoms with Crippen molar-refractivity contribution in [1.82, 2.24) is 5.32 Å². The van der Waals surface area contributed by atoms with E-state index in [9.17, 15) is 9.59 Å². The van der Waals surface area contributed by atoms with E-state index in [-0.39, 0.29) is 24.8 Å². The molecule has 0 radical (unpaired) electrons. The second-order valence-corrected chi connectivity index (χ2v) is 5.89. The number of oxime groups is 1. The Kier molecular flexibility index (Phi) is 5.86. The van der Waals surface area contributed by atoms with Crippen LogP contribution in [0.15, 0.2) is 23.4 Å². The van der Waals surface area contributed by atoms with Crippen molar-refractivity contribution in [3.05, 3.63) is 23.2 Å². The second kappa shape index (κ2) is 7.87. The number of amides is 3. The maximum absolute atomic E-state index is 11.9. The number of carbonyl (C=O) groups is 2. The highest BCUT2D eigenvalue weighted by Gasteiger charge is 2.24. The van der Waals surface area contributed by atoms with E-state index in [1.54, 1.807) is 18.2 Å². The predicted octanol–water partition coefficient (Wildman–Crippen LogP) is 1.88. The van der Waals surface area contributed by atoms with Gasteiger partial charge < -0.3 is 25.9 Å². The van der Waals surface area contributed by atoms with Crippen molar-refractivity contribution in [3.63, 3.8) is 0 Å². The first-order valence-corrected chi connectivity index (χ1v) is 7.76. The lowest BCUT2D eigenvalue weighted by Crippen LogP contribution is -2.36. The lowest BCUT2D eigenvalue weighted by Gasteiger charge is -2.13. The van der Waals surface area contributed by atoms with Crippen molar-refractivity contribution < 1.29 is 19.2 Å². The van der Waals surface area contributed by atoms with Gasteiger partial charge in [-0.05, 0) is 32.0 Å². The molecule has 8 nitrogen and oxygen atoms in total. The number of carbonyl (C=O) groups excluding carboxylic acids is 2. The van der Waals surface area contributed by atoms with E-state index in [0.717, 1.165) is 0 Å². The van der Waals surface area contributed by atoms with Gasteiger partial charge in [0, 0.05) is 12.1 Å². The Morgan fingerprint density at radius 1 is 1.50 bits per heavy atom. The summed E-state index contributed by atoms with van der Waals surface area (Å²) in [7, 11) is 0. The van der Waals surface area contributed by atoms with Crippen molar-refractivity contribution in [3.8, 4) is 5.75 Å². The highest BCUT2D eigenvalue weighted by atomic mass is 35.5. The molecule has 1 aliphatic heterocycles. The Labute approximate surface area is 144 Å². The molecule has 2 rings (SSSR count). The summed E-state index contributed by atoms with van der Waals surface area (Å²) in [6.45, 7) is 3.98. The lowest BCUT2D eigenvalue weighted by atomic mass is 10.2. The maximum atomic E-state index is 11.9. The van der Waals surface area contributed by atoms with Crippen molar-refractivity contribution in [1.29, 1.82) is 0 Å². The van der Waals surface area contributed by atoms with E-state index >= 15 is 0 Å². The summed E-state index contributed by atoms with van der Waals surface area (Å²) in [5.74, 6) is -0.0755. The van der Waals surface area contributed by atoms with Gasteiger partial charge in [-0.25, -0.2) is 4.79 Å². The normalized spacial score (nSPS) is 16.3. The molecule has 9 heteroatoms. The van der Waals surface area contributed by atoms with Crippen molar-refractivity contribution >= 4 is 34.9 Å². The highest BCUT2D eigenvalue weighted by Crippen LogP contribution is 2.28. The Bertz CT molecular complexity index is 663. The molecule has 0 aliphatic carbocycles. The van der Waals surface area contributed by atoms with E-state index in [2.05, 4.69) is 15.8 Å². The fourth-order valence-corrected chi connectivity index (χ4v) is 2.22. The molecule has 1 aliphatic rings. The zero-order chi connectivity index (χ0) is 17.7. The van der Waals surface area contributed by atoms with Gasteiger partial charge >= 0.3 is 6.03 Å². The van der Waals surface area contributed by atoms with Crippen LogP contribution < -0.4 is 21.1 Å². The Morgan fingerprint density at radius 2 is 2.25 bits per heavy atom. The van der Waals surface area contributed by atoms with Gasteiger partial charge in [-0.15, -0.1) is 0 Å². The van der Waals surface area contributed by atoms with E-state index in [1.807, 2.05) is 13.8 Å². The summed E-state index contributed by atoms with van der Waals surface area (Å²) in [6, 6.07) is 4.54. The van der Waals surface area contributed by atoms with Gasteiger partial charge in [-0.3, -0.25) is 4.79 Å². The molecule has 0 saturated heterocycles. The van der Waals surface area contributed by atoms with Crippen molar-refractivity contribution in [2.45, 2.75) is 32.5 Å². The number of hydrogen-bond donors (Lipinski definition) is 3. The first kappa shape index (κ1) is 17.9. The molecule has 130 valence electrons. The third kappa shape index (κ3) is 5.02. The number of hydrogen-bond acceptors (Lipinski definition) is 5. The smallest absolute Gasteiger partial charge is 0.319 e. The maximum Gasteiger partial charge on any atom is 0.319 e. The minimum atomic E-state index is -0.625. The number of nitrogens with zero attached hydrogens (tertiary/aromatic N) is 1. The zero-order valence-electron chi connectivity index (χ0n) is 13.3. The van der Waals surface area contributed by atoms with Gasteiger partial charge in [0.25, 0.3) is 5.91 Å². The minimum Gasteiger partial charge on any atom is -0.489 e. The summed E-state index contributed by atoms with van der Waals surface area (Å²) in [5, 5.41) is 9.24. The van der Waals surface area contributed by atoms with Crippen LogP contribution >= 0.6 is 11.6 Å². The topological polar surface area (TPSA) is 115 Å². The number of nitrogens with one attached hydrogen (secondary N) is 2. The third-order valence-corrected chi connectivity index (χ3v) is 3.36. The van der Waals surface area contributed by atoms with Crippen LogP contribution in [0.3, 0.4) is 0 Å². The molecular formula is C15H19ClN4O4. The average Bonchev–Trinajstić information content (AvgIpc) is 2.97. The number of ether oxygens (including phenoxy) is 1. The highest BCUT2D eigenvalue weighted by molar-refractivity contribution is 6.38. The molecule has 1 aromatic carbocycles. The number of primary amides is 1. The van der Waals surface area contributed by atoms with Crippen LogP contribution in [0.1, 0.15) is 20.3 Å². The zero-order valence-corrected chi connectivity index (χ0v) is 14.1. The van der Waals surface area contributed by atoms with Gasteiger partial charge in [0.2, 0.25) is 0 Å². The van der Waals surface area contributed by atoms with E-state index in [0.29, 0.717) is 16.5 Å². The predicted molar refractivity (Wildman–Crippen MR) is 90.4 cm³/mol. The molecule has 0 unspecified atom stereocenters. The summed E-state index contributed by atoms with van der Waals surface area (Å²) in [5.41, 5.74) is 5.79. The Hall–Kier alpha value is -2.48. The summed E-state index contributed by atoms with van der Waals surface area (Å²) in [4.78, 5) is 27.8. The number of urea groups is 1. The molecule has 0 bridgehead atoms. The van der Waals surface area contributed by atoms with Crippen LogP contribution in [0, 0.1) is 0 Å². The Balaban J connectivity index is 1.81. The monoisotopic (exact) mass is 354 g/mol.